The van der Waals surface area contributed by atoms with Crippen LogP contribution in [0.4, 0.5) is 0 Å². The predicted octanol–water partition coefficient (Wildman–Crippen LogP) is 2.34. The molecule has 0 spiro atoms. The first-order valence-electron chi connectivity index (χ1n) is 6.02. The molecule has 0 aromatic rings. The number of nitrogens with one attached hydrogen (secondary N) is 1. The summed E-state index contributed by atoms with van der Waals surface area (Å²) in [7, 11) is 0. The van der Waals surface area contributed by atoms with Crippen molar-refractivity contribution in [3.63, 3.8) is 0 Å². The lowest BCUT2D eigenvalue weighted by atomic mass is 9.87. The predicted molar refractivity (Wildman–Crippen MR) is 61.1 cm³/mol. The van der Waals surface area contributed by atoms with Gasteiger partial charge in [-0.2, -0.15) is 5.26 Å². The van der Waals surface area contributed by atoms with E-state index in [9.17, 15) is 0 Å². The average molecular weight is 204 g/mol. The van der Waals surface area contributed by atoms with Gasteiger partial charge in [0, 0.05) is 12.6 Å². The number of fused-ring (bicyclic) bond motifs is 2. The van der Waals surface area contributed by atoms with Gasteiger partial charge < -0.3 is 5.32 Å². The topological polar surface area (TPSA) is 35.8 Å². The van der Waals surface area contributed by atoms with Gasteiger partial charge >= 0.3 is 0 Å². The van der Waals surface area contributed by atoms with E-state index in [-0.39, 0.29) is 5.92 Å². The van der Waals surface area contributed by atoms with E-state index in [4.69, 9.17) is 5.26 Å². The quantitative estimate of drug-likeness (QED) is 0.713. The Bertz CT molecular complexity index is 289. The minimum atomic E-state index is 0.126. The van der Waals surface area contributed by atoms with Gasteiger partial charge in [-0.1, -0.05) is 12.2 Å². The highest BCUT2D eigenvalue weighted by atomic mass is 14.9. The van der Waals surface area contributed by atoms with Gasteiger partial charge in [-0.3, -0.25) is 0 Å². The van der Waals surface area contributed by atoms with Crippen molar-refractivity contribution in [1.29, 1.82) is 5.26 Å². The summed E-state index contributed by atoms with van der Waals surface area (Å²) in [5.74, 6) is 2.57. The molecule has 0 aromatic heterocycles. The highest BCUT2D eigenvalue weighted by molar-refractivity contribution is 5.11. The summed E-state index contributed by atoms with van der Waals surface area (Å²) in [6.07, 6.45) is 7.48. The Balaban J connectivity index is 1.80. The maximum Gasteiger partial charge on any atom is 0.0666 e. The molecular weight excluding hydrogens is 184 g/mol. The van der Waals surface area contributed by atoms with Crippen LogP contribution < -0.4 is 5.32 Å². The summed E-state index contributed by atoms with van der Waals surface area (Å²) in [5.41, 5.74) is 0. The summed E-state index contributed by atoms with van der Waals surface area (Å²) in [6, 6.07) is 2.82. The molecule has 0 heterocycles. The fourth-order valence-electron chi connectivity index (χ4n) is 2.96. The van der Waals surface area contributed by atoms with Crippen LogP contribution in [0.3, 0.4) is 0 Å². The van der Waals surface area contributed by atoms with Crippen molar-refractivity contribution in [2.75, 3.05) is 6.54 Å². The highest BCUT2D eigenvalue weighted by Crippen LogP contribution is 2.44. The molecule has 82 valence electrons. The molecule has 0 aliphatic heterocycles. The molecule has 0 saturated heterocycles. The molecule has 15 heavy (non-hydrogen) atoms. The zero-order chi connectivity index (χ0) is 10.8. The van der Waals surface area contributed by atoms with Crippen LogP contribution in [-0.2, 0) is 0 Å². The highest BCUT2D eigenvalue weighted by Gasteiger charge is 2.38. The first-order valence-corrected chi connectivity index (χ1v) is 6.02. The SMILES string of the molecule is CC(C#N)CNC(C)C1CC2C=CC1C2. The summed E-state index contributed by atoms with van der Waals surface area (Å²) >= 11 is 0. The average Bonchev–Trinajstić information content (AvgIpc) is 2.86. The van der Waals surface area contributed by atoms with Crippen LogP contribution >= 0.6 is 0 Å². The van der Waals surface area contributed by atoms with Crippen molar-refractivity contribution in [2.24, 2.45) is 23.7 Å². The normalized spacial score (nSPS) is 36.5. The van der Waals surface area contributed by atoms with Gasteiger partial charge in [0.05, 0.1) is 12.0 Å². The second-order valence-corrected chi connectivity index (χ2v) is 5.17. The molecule has 1 fully saturated rings. The first-order chi connectivity index (χ1) is 7.20. The molecule has 2 aliphatic rings. The number of hydrogen-bond donors (Lipinski definition) is 1. The third-order valence-electron chi connectivity index (χ3n) is 3.94. The summed E-state index contributed by atoms with van der Waals surface area (Å²) in [5, 5.41) is 12.2. The number of allylic oxidation sites excluding steroid dienone is 2. The molecular formula is C13H20N2. The Labute approximate surface area is 92.4 Å². The fourth-order valence-corrected chi connectivity index (χ4v) is 2.96. The van der Waals surface area contributed by atoms with Crippen molar-refractivity contribution < 1.29 is 0 Å². The van der Waals surface area contributed by atoms with E-state index in [2.05, 4.69) is 30.5 Å². The van der Waals surface area contributed by atoms with Gasteiger partial charge in [0.25, 0.3) is 0 Å². The minimum Gasteiger partial charge on any atom is -0.313 e. The lowest BCUT2D eigenvalue weighted by molar-refractivity contribution is 0.322. The second kappa shape index (κ2) is 4.37. The third kappa shape index (κ3) is 2.23. The van der Waals surface area contributed by atoms with Crippen molar-refractivity contribution >= 4 is 0 Å². The van der Waals surface area contributed by atoms with Crippen molar-refractivity contribution in [3.05, 3.63) is 12.2 Å². The van der Waals surface area contributed by atoms with Crippen LogP contribution in [-0.4, -0.2) is 12.6 Å². The summed E-state index contributed by atoms with van der Waals surface area (Å²) < 4.78 is 0. The zero-order valence-corrected chi connectivity index (χ0v) is 9.61. The van der Waals surface area contributed by atoms with Gasteiger partial charge in [-0.05, 0) is 44.4 Å². The van der Waals surface area contributed by atoms with Crippen LogP contribution in [0.25, 0.3) is 0 Å². The Morgan fingerprint density at radius 2 is 2.20 bits per heavy atom. The van der Waals surface area contributed by atoms with Crippen LogP contribution in [0.15, 0.2) is 12.2 Å². The molecule has 2 nitrogen and oxygen atoms in total. The van der Waals surface area contributed by atoms with Crippen LogP contribution in [0, 0.1) is 35.0 Å². The maximum atomic E-state index is 8.72. The summed E-state index contributed by atoms with van der Waals surface area (Å²) in [6.45, 7) is 5.07. The van der Waals surface area contributed by atoms with Gasteiger partial charge in [-0.15, -0.1) is 0 Å². The molecule has 0 aromatic carbocycles. The van der Waals surface area contributed by atoms with E-state index >= 15 is 0 Å². The van der Waals surface area contributed by atoms with Gasteiger partial charge in [0.15, 0.2) is 0 Å². The van der Waals surface area contributed by atoms with E-state index < -0.39 is 0 Å². The van der Waals surface area contributed by atoms with Gasteiger partial charge in [0.1, 0.15) is 0 Å². The first kappa shape index (κ1) is 10.7. The second-order valence-electron chi connectivity index (χ2n) is 5.17. The Kier molecular flexibility index (Phi) is 3.11. The van der Waals surface area contributed by atoms with E-state index in [0.29, 0.717) is 6.04 Å². The molecule has 0 radical (unpaired) electrons. The van der Waals surface area contributed by atoms with E-state index in [1.165, 1.54) is 12.8 Å². The molecule has 5 atom stereocenters. The minimum absolute atomic E-state index is 0.126. The number of nitriles is 1. The van der Waals surface area contributed by atoms with Crippen molar-refractivity contribution in [1.82, 2.24) is 5.32 Å². The standard InChI is InChI=1S/C13H20N2/c1-9(7-14)8-15-10(2)13-6-11-3-4-12(13)5-11/h3-4,9-13,15H,5-6,8H2,1-2H3. The van der Waals surface area contributed by atoms with Gasteiger partial charge in [0.2, 0.25) is 0 Å². The Morgan fingerprint density at radius 3 is 2.73 bits per heavy atom. The van der Waals surface area contributed by atoms with E-state index in [1.807, 2.05) is 6.92 Å². The summed E-state index contributed by atoms with van der Waals surface area (Å²) in [4.78, 5) is 0. The zero-order valence-electron chi connectivity index (χ0n) is 9.61. The maximum absolute atomic E-state index is 8.72. The van der Waals surface area contributed by atoms with Crippen molar-refractivity contribution in [3.8, 4) is 6.07 Å². The lowest BCUT2D eigenvalue weighted by Crippen LogP contribution is -2.37. The molecule has 1 saturated carbocycles. The molecule has 5 unspecified atom stereocenters. The smallest absolute Gasteiger partial charge is 0.0666 e. The van der Waals surface area contributed by atoms with E-state index in [1.54, 1.807) is 0 Å². The van der Waals surface area contributed by atoms with Crippen molar-refractivity contribution in [2.45, 2.75) is 32.7 Å². The molecule has 2 bridgehead atoms. The Hall–Kier alpha value is -0.810. The molecule has 2 aliphatic carbocycles. The monoisotopic (exact) mass is 204 g/mol. The van der Waals surface area contributed by atoms with Crippen LogP contribution in [0.1, 0.15) is 26.7 Å². The van der Waals surface area contributed by atoms with Gasteiger partial charge in [-0.25, -0.2) is 0 Å². The molecule has 0 amide bonds. The lowest BCUT2D eigenvalue weighted by Gasteiger charge is -2.26. The van der Waals surface area contributed by atoms with Crippen LogP contribution in [0.2, 0.25) is 0 Å². The largest absolute Gasteiger partial charge is 0.313 e. The number of hydrogen-bond acceptors (Lipinski definition) is 2. The van der Waals surface area contributed by atoms with E-state index in [0.717, 1.165) is 24.3 Å². The molecule has 1 N–H and O–H groups in total. The third-order valence-corrected chi connectivity index (χ3v) is 3.94. The molecule has 2 rings (SSSR count). The Morgan fingerprint density at radius 1 is 1.40 bits per heavy atom. The fraction of sp³-hybridized carbons (Fsp3) is 0.769. The molecule has 2 heteroatoms. The number of rotatable bonds is 4. The van der Waals surface area contributed by atoms with Crippen LogP contribution in [0.5, 0.6) is 0 Å². The number of nitrogens with zero attached hydrogens (tertiary/aromatic N) is 1.